The Labute approximate surface area is 249 Å². The van der Waals surface area contributed by atoms with Crippen LogP contribution in [-0.2, 0) is 0 Å². The number of thiocarbonyl (C=S) groups is 1. The molecule has 0 spiro atoms. The zero-order chi connectivity index (χ0) is 27.6. The SMILES string of the molecule is O=[N+]([O-])c1ccc(Sc2ccc(N3C(=S)NC(c4ccccn4)C3c3cccn3-c3ccc(Br)cc3)cc2)cc1. The summed E-state index contributed by atoms with van der Waals surface area (Å²) >= 11 is 11.0. The van der Waals surface area contributed by atoms with E-state index in [1.165, 1.54) is 12.1 Å². The van der Waals surface area contributed by atoms with E-state index in [4.69, 9.17) is 12.2 Å². The summed E-state index contributed by atoms with van der Waals surface area (Å²) < 4.78 is 3.21. The van der Waals surface area contributed by atoms with Gasteiger partial charge in [-0.05, 0) is 97.1 Å². The van der Waals surface area contributed by atoms with E-state index in [9.17, 15) is 10.1 Å². The van der Waals surface area contributed by atoms with Crippen molar-refractivity contribution in [3.05, 3.63) is 141 Å². The molecular formula is C30H22BrN5O2S2. The first kappa shape index (κ1) is 26.2. The lowest BCUT2D eigenvalue weighted by atomic mass is 10.0. The Morgan fingerprint density at radius 1 is 0.875 bits per heavy atom. The number of rotatable bonds is 7. The summed E-state index contributed by atoms with van der Waals surface area (Å²) in [6.07, 6.45) is 3.87. The highest BCUT2D eigenvalue weighted by Crippen LogP contribution is 2.43. The van der Waals surface area contributed by atoms with Crippen LogP contribution in [0.2, 0.25) is 0 Å². The summed E-state index contributed by atoms with van der Waals surface area (Å²) in [6, 6.07) is 32.8. The minimum absolute atomic E-state index is 0.0798. The molecule has 1 aliphatic heterocycles. The molecule has 2 unspecified atom stereocenters. The van der Waals surface area contributed by atoms with Crippen LogP contribution in [0.1, 0.15) is 23.5 Å². The first-order valence-electron chi connectivity index (χ1n) is 12.4. The van der Waals surface area contributed by atoms with Crippen LogP contribution >= 0.6 is 39.9 Å². The number of nitro benzene ring substituents is 1. The molecule has 1 N–H and O–H groups in total. The fraction of sp³-hybridized carbons (Fsp3) is 0.0667. The molecule has 0 radical (unpaired) electrons. The van der Waals surface area contributed by atoms with Crippen molar-refractivity contribution in [1.29, 1.82) is 0 Å². The lowest BCUT2D eigenvalue weighted by Crippen LogP contribution is -2.30. The first-order chi connectivity index (χ1) is 19.5. The van der Waals surface area contributed by atoms with Gasteiger partial charge in [0.15, 0.2) is 5.11 Å². The van der Waals surface area contributed by atoms with Crippen molar-refractivity contribution >= 4 is 56.4 Å². The van der Waals surface area contributed by atoms with Gasteiger partial charge in [0.05, 0.1) is 16.7 Å². The molecule has 0 saturated carbocycles. The Morgan fingerprint density at radius 3 is 2.20 bits per heavy atom. The summed E-state index contributed by atoms with van der Waals surface area (Å²) in [6.45, 7) is 0. The third-order valence-corrected chi connectivity index (χ3v) is 8.54. The van der Waals surface area contributed by atoms with Crippen molar-refractivity contribution in [2.45, 2.75) is 21.9 Å². The number of hydrogen-bond acceptors (Lipinski definition) is 5. The van der Waals surface area contributed by atoms with Crippen LogP contribution in [0.4, 0.5) is 11.4 Å². The molecule has 1 fully saturated rings. The van der Waals surface area contributed by atoms with Gasteiger partial charge in [0.1, 0.15) is 6.04 Å². The topological polar surface area (TPSA) is 76.2 Å². The van der Waals surface area contributed by atoms with Crippen LogP contribution in [0, 0.1) is 10.1 Å². The van der Waals surface area contributed by atoms with E-state index < -0.39 is 4.92 Å². The number of hydrogen-bond donors (Lipinski definition) is 1. The molecule has 0 bridgehead atoms. The number of nitro groups is 1. The monoisotopic (exact) mass is 627 g/mol. The average Bonchev–Trinajstić information content (AvgIpc) is 3.59. The van der Waals surface area contributed by atoms with Gasteiger partial charge < -0.3 is 14.8 Å². The molecule has 0 amide bonds. The second-order valence-electron chi connectivity index (χ2n) is 9.12. The summed E-state index contributed by atoms with van der Waals surface area (Å²) in [5, 5.41) is 15.1. The van der Waals surface area contributed by atoms with E-state index in [1.54, 1.807) is 30.1 Å². The van der Waals surface area contributed by atoms with E-state index >= 15 is 0 Å². The summed E-state index contributed by atoms with van der Waals surface area (Å²) in [5.41, 5.74) is 4.07. The molecule has 198 valence electrons. The number of non-ortho nitro benzene ring substituents is 1. The largest absolute Gasteiger partial charge is 0.351 e. The maximum Gasteiger partial charge on any atom is 0.269 e. The normalized spacial score (nSPS) is 16.6. The van der Waals surface area contributed by atoms with E-state index in [2.05, 4.69) is 78.3 Å². The van der Waals surface area contributed by atoms with Crippen LogP contribution in [0.25, 0.3) is 5.69 Å². The number of nitrogens with one attached hydrogen (secondary N) is 1. The van der Waals surface area contributed by atoms with Gasteiger partial charge in [-0.1, -0.05) is 33.8 Å². The Bertz CT molecular complexity index is 1660. The highest BCUT2D eigenvalue weighted by atomic mass is 79.9. The first-order valence-corrected chi connectivity index (χ1v) is 14.5. The molecule has 3 aromatic carbocycles. The third kappa shape index (κ3) is 5.25. The Morgan fingerprint density at radius 2 is 1.55 bits per heavy atom. The molecule has 2 aromatic heterocycles. The number of anilines is 1. The van der Waals surface area contributed by atoms with Gasteiger partial charge in [0.2, 0.25) is 0 Å². The van der Waals surface area contributed by atoms with Gasteiger partial charge in [0, 0.05) is 55.9 Å². The van der Waals surface area contributed by atoms with Crippen LogP contribution in [0.15, 0.2) is 130 Å². The predicted molar refractivity (Wildman–Crippen MR) is 165 cm³/mol. The lowest BCUT2D eigenvalue weighted by Gasteiger charge is -2.29. The van der Waals surface area contributed by atoms with Crippen molar-refractivity contribution in [2.24, 2.45) is 0 Å². The zero-order valence-corrected chi connectivity index (χ0v) is 24.1. The van der Waals surface area contributed by atoms with Crippen molar-refractivity contribution in [3.63, 3.8) is 0 Å². The fourth-order valence-corrected chi connectivity index (χ4v) is 6.28. The molecule has 6 rings (SSSR count). The molecule has 7 nitrogen and oxygen atoms in total. The lowest BCUT2D eigenvalue weighted by molar-refractivity contribution is -0.384. The third-order valence-electron chi connectivity index (χ3n) is 6.68. The van der Waals surface area contributed by atoms with Gasteiger partial charge in [-0.15, -0.1) is 0 Å². The van der Waals surface area contributed by atoms with Gasteiger partial charge >= 0.3 is 0 Å². The summed E-state index contributed by atoms with van der Waals surface area (Å²) in [5.74, 6) is 0. The minimum Gasteiger partial charge on any atom is -0.351 e. The highest BCUT2D eigenvalue weighted by Gasteiger charge is 2.42. The summed E-state index contributed by atoms with van der Waals surface area (Å²) in [4.78, 5) is 19.3. The molecule has 40 heavy (non-hydrogen) atoms. The van der Waals surface area contributed by atoms with Crippen LogP contribution < -0.4 is 10.2 Å². The number of nitrogens with zero attached hydrogens (tertiary/aromatic N) is 4. The quantitative estimate of drug-likeness (QED) is 0.112. The van der Waals surface area contributed by atoms with Crippen molar-refractivity contribution in [1.82, 2.24) is 14.9 Å². The minimum atomic E-state index is -0.391. The Hall–Kier alpha value is -3.99. The molecule has 10 heteroatoms. The van der Waals surface area contributed by atoms with Crippen molar-refractivity contribution in [3.8, 4) is 5.69 Å². The number of pyridine rings is 1. The molecule has 5 aromatic rings. The molecular weight excluding hydrogens is 606 g/mol. The van der Waals surface area contributed by atoms with E-state index in [0.29, 0.717) is 5.11 Å². The van der Waals surface area contributed by atoms with E-state index in [0.717, 1.165) is 37.0 Å². The van der Waals surface area contributed by atoms with Crippen molar-refractivity contribution in [2.75, 3.05) is 4.90 Å². The smallest absolute Gasteiger partial charge is 0.269 e. The zero-order valence-electron chi connectivity index (χ0n) is 20.9. The van der Waals surface area contributed by atoms with Gasteiger partial charge in [-0.3, -0.25) is 15.1 Å². The van der Waals surface area contributed by atoms with Gasteiger partial charge in [-0.2, -0.15) is 0 Å². The average molecular weight is 629 g/mol. The molecule has 2 atom stereocenters. The van der Waals surface area contributed by atoms with E-state index in [-0.39, 0.29) is 17.8 Å². The second kappa shape index (κ2) is 11.2. The molecule has 1 aliphatic rings. The fourth-order valence-electron chi connectivity index (χ4n) is 4.85. The molecule has 3 heterocycles. The van der Waals surface area contributed by atoms with Crippen LogP contribution in [-0.4, -0.2) is 19.6 Å². The van der Waals surface area contributed by atoms with Crippen LogP contribution in [0.3, 0.4) is 0 Å². The Kier molecular flexibility index (Phi) is 7.38. The number of aromatic nitrogens is 2. The van der Waals surface area contributed by atoms with Gasteiger partial charge in [0.25, 0.3) is 5.69 Å². The standard InChI is InChI=1S/C30H22BrN5O2S2/c31-20-6-8-21(9-7-20)34-19-3-5-27(34)29-28(26-4-1-2-18-32-26)33-30(39)35(29)22-10-14-24(15-11-22)40-25-16-12-23(13-17-25)36(37)38/h1-19,28-29H,(H,33,39). The second-order valence-corrected chi connectivity index (χ2v) is 11.6. The number of benzene rings is 3. The van der Waals surface area contributed by atoms with Crippen LogP contribution in [0.5, 0.6) is 0 Å². The Balaban J connectivity index is 1.35. The number of halogens is 1. The highest BCUT2D eigenvalue weighted by molar-refractivity contribution is 9.10. The van der Waals surface area contributed by atoms with E-state index in [1.807, 2.05) is 42.5 Å². The molecule has 1 saturated heterocycles. The van der Waals surface area contributed by atoms with Gasteiger partial charge in [-0.25, -0.2) is 0 Å². The summed E-state index contributed by atoms with van der Waals surface area (Å²) in [7, 11) is 0. The predicted octanol–water partition coefficient (Wildman–Crippen LogP) is 7.87. The maximum atomic E-state index is 11.0. The maximum absolute atomic E-state index is 11.0. The molecule has 0 aliphatic carbocycles. The van der Waals surface area contributed by atoms with Crippen molar-refractivity contribution < 1.29 is 4.92 Å².